The molecule has 0 aromatic carbocycles. The van der Waals surface area contributed by atoms with Crippen LogP contribution in [0.15, 0.2) is 0 Å². The van der Waals surface area contributed by atoms with Gasteiger partial charge in [-0.3, -0.25) is 4.79 Å². The Kier molecular flexibility index (Phi) is 7.28. The van der Waals surface area contributed by atoms with E-state index in [9.17, 15) is 4.79 Å². The van der Waals surface area contributed by atoms with Crippen LogP contribution in [0.2, 0.25) is 0 Å². The summed E-state index contributed by atoms with van der Waals surface area (Å²) in [4.78, 5) is 14.0. The van der Waals surface area contributed by atoms with Crippen molar-refractivity contribution in [3.05, 3.63) is 0 Å². The van der Waals surface area contributed by atoms with Crippen LogP contribution in [0, 0.1) is 0 Å². The quantitative estimate of drug-likeness (QED) is 0.640. The van der Waals surface area contributed by atoms with Crippen molar-refractivity contribution in [1.82, 2.24) is 10.2 Å². The molecule has 0 radical (unpaired) electrons. The Morgan fingerprint density at radius 2 is 2.22 bits per heavy atom. The minimum absolute atomic E-state index is 0.0665. The van der Waals surface area contributed by atoms with Crippen LogP contribution in [0.3, 0.4) is 0 Å². The predicted molar refractivity (Wildman–Crippen MR) is 73.6 cm³/mol. The average Bonchev–Trinajstić information content (AvgIpc) is 2.67. The first-order valence-electron chi connectivity index (χ1n) is 7.29. The van der Waals surface area contributed by atoms with Crippen LogP contribution in [0.4, 0.5) is 0 Å². The average molecular weight is 256 g/mol. The van der Waals surface area contributed by atoms with E-state index in [4.69, 9.17) is 4.74 Å². The Hall–Kier alpha value is -0.610. The van der Waals surface area contributed by atoms with Gasteiger partial charge in [-0.15, -0.1) is 0 Å². The maximum absolute atomic E-state index is 12.0. The maximum Gasteiger partial charge on any atom is 0.239 e. The molecule has 1 fully saturated rings. The van der Waals surface area contributed by atoms with Crippen molar-refractivity contribution in [2.24, 2.45) is 0 Å². The van der Waals surface area contributed by atoms with E-state index in [0.29, 0.717) is 6.10 Å². The molecule has 18 heavy (non-hydrogen) atoms. The largest absolute Gasteiger partial charge is 0.379 e. The van der Waals surface area contributed by atoms with Crippen molar-refractivity contribution in [3.8, 4) is 0 Å². The molecule has 1 aliphatic heterocycles. The Labute approximate surface area is 111 Å². The number of nitrogens with zero attached hydrogens (tertiary/aromatic N) is 1. The summed E-state index contributed by atoms with van der Waals surface area (Å²) in [5.74, 6) is 0.285. The lowest BCUT2D eigenvalue weighted by atomic mass is 10.2. The zero-order chi connectivity index (χ0) is 13.4. The van der Waals surface area contributed by atoms with Gasteiger partial charge in [0, 0.05) is 19.7 Å². The SMILES string of the molecule is CCCNC1CCN(CCCCOC(C)C)C1=O. The second kappa shape index (κ2) is 8.48. The van der Waals surface area contributed by atoms with Gasteiger partial charge >= 0.3 is 0 Å². The summed E-state index contributed by atoms with van der Waals surface area (Å²) in [6.45, 7) is 9.75. The molecule has 1 N–H and O–H groups in total. The van der Waals surface area contributed by atoms with Crippen LogP contribution in [0.1, 0.15) is 46.5 Å². The van der Waals surface area contributed by atoms with E-state index in [1.165, 1.54) is 0 Å². The van der Waals surface area contributed by atoms with Crippen LogP contribution in [-0.2, 0) is 9.53 Å². The molecule has 1 heterocycles. The predicted octanol–water partition coefficient (Wildman–Crippen LogP) is 1.79. The van der Waals surface area contributed by atoms with Crippen LogP contribution in [-0.4, -0.2) is 49.2 Å². The van der Waals surface area contributed by atoms with E-state index < -0.39 is 0 Å². The third-order valence-electron chi connectivity index (χ3n) is 3.21. The minimum atomic E-state index is 0.0665. The van der Waals surface area contributed by atoms with E-state index >= 15 is 0 Å². The van der Waals surface area contributed by atoms with Crippen LogP contribution >= 0.6 is 0 Å². The van der Waals surface area contributed by atoms with Gasteiger partial charge in [0.25, 0.3) is 0 Å². The summed E-state index contributed by atoms with van der Waals surface area (Å²) in [6.07, 6.45) is 4.42. The number of ether oxygens (including phenoxy) is 1. The normalized spacial score (nSPS) is 20.1. The highest BCUT2D eigenvalue weighted by molar-refractivity contribution is 5.83. The second-order valence-corrected chi connectivity index (χ2v) is 5.25. The van der Waals surface area contributed by atoms with Gasteiger partial charge < -0.3 is 15.0 Å². The maximum atomic E-state index is 12.0. The standard InChI is InChI=1S/C14H28N2O2/c1-4-8-15-13-7-10-16(14(13)17)9-5-6-11-18-12(2)3/h12-13,15H,4-11H2,1-3H3. The topological polar surface area (TPSA) is 41.6 Å². The fraction of sp³-hybridized carbons (Fsp3) is 0.929. The van der Waals surface area contributed by atoms with Gasteiger partial charge in [-0.1, -0.05) is 6.92 Å². The molecule has 0 aliphatic carbocycles. The summed E-state index contributed by atoms with van der Waals surface area (Å²) >= 11 is 0. The van der Waals surface area contributed by atoms with Gasteiger partial charge in [0.1, 0.15) is 0 Å². The number of hydrogen-bond donors (Lipinski definition) is 1. The zero-order valence-corrected chi connectivity index (χ0v) is 12.1. The van der Waals surface area contributed by atoms with Gasteiger partial charge in [0.15, 0.2) is 0 Å². The van der Waals surface area contributed by atoms with Gasteiger partial charge in [-0.05, 0) is 46.1 Å². The summed E-state index contributed by atoms with van der Waals surface area (Å²) in [5, 5.41) is 3.31. The van der Waals surface area contributed by atoms with Crippen molar-refractivity contribution in [2.45, 2.75) is 58.6 Å². The molecule has 106 valence electrons. The lowest BCUT2D eigenvalue weighted by Gasteiger charge is -2.17. The van der Waals surface area contributed by atoms with Gasteiger partial charge in [0.05, 0.1) is 12.1 Å². The van der Waals surface area contributed by atoms with Crippen LogP contribution in [0.25, 0.3) is 0 Å². The first-order chi connectivity index (χ1) is 8.65. The van der Waals surface area contributed by atoms with Gasteiger partial charge in [-0.2, -0.15) is 0 Å². The van der Waals surface area contributed by atoms with Crippen molar-refractivity contribution in [2.75, 3.05) is 26.2 Å². The van der Waals surface area contributed by atoms with E-state index in [2.05, 4.69) is 12.2 Å². The summed E-state index contributed by atoms with van der Waals surface area (Å²) < 4.78 is 5.49. The Bertz CT molecular complexity index is 244. The molecule has 1 amide bonds. The summed E-state index contributed by atoms with van der Waals surface area (Å²) in [6, 6.07) is 0.0665. The first kappa shape index (κ1) is 15.4. The van der Waals surface area contributed by atoms with E-state index in [-0.39, 0.29) is 11.9 Å². The van der Waals surface area contributed by atoms with Crippen LogP contribution < -0.4 is 5.32 Å². The number of likely N-dealkylation sites (tertiary alicyclic amines) is 1. The van der Waals surface area contributed by atoms with Crippen molar-refractivity contribution in [1.29, 1.82) is 0 Å². The fourth-order valence-electron chi connectivity index (χ4n) is 2.19. The fourth-order valence-corrected chi connectivity index (χ4v) is 2.19. The highest BCUT2D eigenvalue weighted by Crippen LogP contribution is 2.12. The molecule has 1 aliphatic rings. The Balaban J connectivity index is 2.10. The van der Waals surface area contributed by atoms with Crippen LogP contribution in [0.5, 0.6) is 0 Å². The van der Waals surface area contributed by atoms with Gasteiger partial charge in [-0.25, -0.2) is 0 Å². The van der Waals surface area contributed by atoms with E-state index in [1.54, 1.807) is 0 Å². The molecular formula is C14H28N2O2. The molecule has 0 aromatic heterocycles. The molecule has 4 nitrogen and oxygen atoms in total. The number of nitrogens with one attached hydrogen (secondary N) is 1. The van der Waals surface area contributed by atoms with Crippen molar-refractivity contribution in [3.63, 3.8) is 0 Å². The number of carbonyl (C=O) groups excluding carboxylic acids is 1. The van der Waals surface area contributed by atoms with E-state index in [1.807, 2.05) is 18.7 Å². The number of amides is 1. The lowest BCUT2D eigenvalue weighted by Crippen LogP contribution is -2.38. The molecule has 0 bridgehead atoms. The number of hydrogen-bond acceptors (Lipinski definition) is 3. The van der Waals surface area contributed by atoms with Gasteiger partial charge in [0.2, 0.25) is 5.91 Å². The minimum Gasteiger partial charge on any atom is -0.379 e. The lowest BCUT2D eigenvalue weighted by molar-refractivity contribution is -0.129. The second-order valence-electron chi connectivity index (χ2n) is 5.25. The third-order valence-corrected chi connectivity index (χ3v) is 3.21. The Morgan fingerprint density at radius 3 is 2.89 bits per heavy atom. The molecular weight excluding hydrogens is 228 g/mol. The first-order valence-corrected chi connectivity index (χ1v) is 7.29. The molecule has 4 heteroatoms. The van der Waals surface area contributed by atoms with Crippen molar-refractivity contribution < 1.29 is 9.53 Å². The zero-order valence-electron chi connectivity index (χ0n) is 12.1. The van der Waals surface area contributed by atoms with E-state index in [0.717, 1.165) is 51.9 Å². The molecule has 0 spiro atoms. The highest BCUT2D eigenvalue weighted by atomic mass is 16.5. The number of carbonyl (C=O) groups is 1. The molecule has 1 saturated heterocycles. The summed E-state index contributed by atoms with van der Waals surface area (Å²) in [5.41, 5.74) is 0. The monoisotopic (exact) mass is 256 g/mol. The molecule has 0 saturated carbocycles. The number of unbranched alkanes of at least 4 members (excludes halogenated alkanes) is 1. The molecule has 0 aromatic rings. The molecule has 1 atom stereocenters. The molecule has 1 unspecified atom stereocenters. The third kappa shape index (κ3) is 5.36. The highest BCUT2D eigenvalue weighted by Gasteiger charge is 2.30. The van der Waals surface area contributed by atoms with Crippen molar-refractivity contribution >= 4 is 5.91 Å². The smallest absolute Gasteiger partial charge is 0.239 e. The number of rotatable bonds is 9. The molecule has 1 rings (SSSR count). The Morgan fingerprint density at radius 1 is 1.44 bits per heavy atom. The summed E-state index contributed by atoms with van der Waals surface area (Å²) in [7, 11) is 0.